The first-order valence-electron chi connectivity index (χ1n) is 10.8. The fourth-order valence-electron chi connectivity index (χ4n) is 3.31. The van der Waals surface area contributed by atoms with Gasteiger partial charge in [0.05, 0.1) is 19.9 Å². The molecule has 176 valence electrons. The van der Waals surface area contributed by atoms with Crippen LogP contribution >= 0.6 is 11.8 Å². The third-order valence-electron chi connectivity index (χ3n) is 4.91. The van der Waals surface area contributed by atoms with Crippen LogP contribution in [0.2, 0.25) is 0 Å². The van der Waals surface area contributed by atoms with Crippen LogP contribution in [0.1, 0.15) is 19.8 Å². The van der Waals surface area contributed by atoms with Crippen LogP contribution in [0.15, 0.2) is 53.5 Å². The van der Waals surface area contributed by atoms with Crippen LogP contribution in [0.4, 0.5) is 11.4 Å². The molecule has 1 atom stereocenters. The van der Waals surface area contributed by atoms with Gasteiger partial charge in [0.2, 0.25) is 11.8 Å². The Morgan fingerprint density at radius 1 is 1.12 bits per heavy atom. The Morgan fingerprint density at radius 3 is 2.58 bits per heavy atom. The highest BCUT2D eigenvalue weighted by Crippen LogP contribution is 2.33. The van der Waals surface area contributed by atoms with Crippen molar-refractivity contribution in [1.82, 2.24) is 4.90 Å². The van der Waals surface area contributed by atoms with Gasteiger partial charge >= 0.3 is 0 Å². The number of carbonyl (C=O) groups is 2. The van der Waals surface area contributed by atoms with E-state index >= 15 is 0 Å². The lowest BCUT2D eigenvalue weighted by Crippen LogP contribution is -2.34. The smallest absolute Gasteiger partial charge is 0.242 e. The minimum Gasteiger partial charge on any atom is -0.493 e. The molecule has 2 aromatic rings. The zero-order valence-electron chi connectivity index (χ0n) is 19.1. The number of para-hydroxylation sites is 1. The molecule has 1 aliphatic rings. The van der Waals surface area contributed by atoms with Crippen LogP contribution in [0.25, 0.3) is 0 Å². The molecular formula is C24H29N3O5S. The Balaban J connectivity index is 1.69. The number of amides is 2. The summed E-state index contributed by atoms with van der Waals surface area (Å²) in [5, 5.41) is 2.90. The molecule has 2 amide bonds. The molecule has 1 saturated heterocycles. The fourth-order valence-corrected chi connectivity index (χ4v) is 4.49. The molecule has 1 fully saturated rings. The number of benzene rings is 2. The normalized spacial score (nSPS) is 16.8. The molecule has 1 unspecified atom stereocenters. The van der Waals surface area contributed by atoms with E-state index in [0.29, 0.717) is 48.5 Å². The zero-order chi connectivity index (χ0) is 23.6. The fraction of sp³-hybridized carbons (Fsp3) is 0.375. The molecule has 0 radical (unpaired) electrons. The second kappa shape index (κ2) is 12.3. The number of methoxy groups -OCH3 is 2. The second-order valence-electron chi connectivity index (χ2n) is 7.20. The SMILES string of the molecule is CCOCCCN1C(=O)C(CC(=O)Nc2ccc(OC)c(OC)c2)SC1=Nc1ccccc1. The third kappa shape index (κ3) is 6.72. The average Bonchev–Trinajstić information content (AvgIpc) is 3.10. The van der Waals surface area contributed by atoms with Crippen molar-refractivity contribution in [3.8, 4) is 11.5 Å². The molecule has 0 bridgehead atoms. The number of thioether (sulfide) groups is 1. The van der Waals surface area contributed by atoms with Crippen LogP contribution in [-0.4, -0.2) is 61.1 Å². The van der Waals surface area contributed by atoms with Gasteiger partial charge in [0.15, 0.2) is 16.7 Å². The Kier molecular flexibility index (Phi) is 9.14. The van der Waals surface area contributed by atoms with Gasteiger partial charge in [-0.1, -0.05) is 30.0 Å². The summed E-state index contributed by atoms with van der Waals surface area (Å²) in [4.78, 5) is 32.1. The van der Waals surface area contributed by atoms with Crippen LogP contribution in [0, 0.1) is 0 Å². The number of aliphatic imine (C=N–C) groups is 1. The maximum atomic E-state index is 13.1. The summed E-state index contributed by atoms with van der Waals surface area (Å²) in [6.07, 6.45) is 0.728. The van der Waals surface area contributed by atoms with Crippen LogP contribution in [-0.2, 0) is 14.3 Å². The van der Waals surface area contributed by atoms with E-state index in [4.69, 9.17) is 14.2 Å². The van der Waals surface area contributed by atoms with Crippen molar-refractivity contribution in [3.63, 3.8) is 0 Å². The Morgan fingerprint density at radius 2 is 1.88 bits per heavy atom. The zero-order valence-corrected chi connectivity index (χ0v) is 19.9. The van der Waals surface area contributed by atoms with Gasteiger partial charge in [-0.3, -0.25) is 14.5 Å². The van der Waals surface area contributed by atoms with E-state index in [1.165, 1.54) is 18.9 Å². The van der Waals surface area contributed by atoms with Gasteiger partial charge in [-0.05, 0) is 37.6 Å². The van der Waals surface area contributed by atoms with Gasteiger partial charge in [0.25, 0.3) is 0 Å². The van der Waals surface area contributed by atoms with Crippen molar-refractivity contribution >= 4 is 40.1 Å². The van der Waals surface area contributed by atoms with Gasteiger partial charge in [-0.15, -0.1) is 0 Å². The predicted molar refractivity (Wildman–Crippen MR) is 131 cm³/mol. The summed E-state index contributed by atoms with van der Waals surface area (Å²) >= 11 is 1.32. The summed E-state index contributed by atoms with van der Waals surface area (Å²) in [7, 11) is 3.08. The summed E-state index contributed by atoms with van der Waals surface area (Å²) in [6.45, 7) is 3.62. The summed E-state index contributed by atoms with van der Waals surface area (Å²) in [6, 6.07) is 14.6. The van der Waals surface area contributed by atoms with E-state index in [9.17, 15) is 9.59 Å². The minimum absolute atomic E-state index is 0.0353. The molecule has 9 heteroatoms. The van der Waals surface area contributed by atoms with Crippen LogP contribution in [0.3, 0.4) is 0 Å². The molecule has 1 N–H and O–H groups in total. The molecule has 0 aromatic heterocycles. The molecule has 8 nitrogen and oxygen atoms in total. The van der Waals surface area contributed by atoms with E-state index in [0.717, 1.165) is 5.69 Å². The number of anilines is 1. The first-order chi connectivity index (χ1) is 16.0. The first-order valence-corrected chi connectivity index (χ1v) is 11.6. The molecule has 3 rings (SSSR count). The van der Waals surface area contributed by atoms with E-state index < -0.39 is 5.25 Å². The highest BCUT2D eigenvalue weighted by molar-refractivity contribution is 8.15. The molecule has 0 saturated carbocycles. The first kappa shape index (κ1) is 24.6. The topological polar surface area (TPSA) is 89.5 Å². The monoisotopic (exact) mass is 471 g/mol. The van der Waals surface area contributed by atoms with E-state index in [1.807, 2.05) is 37.3 Å². The van der Waals surface area contributed by atoms with Crippen molar-refractivity contribution in [2.24, 2.45) is 4.99 Å². The highest BCUT2D eigenvalue weighted by Gasteiger charge is 2.38. The lowest BCUT2D eigenvalue weighted by molar-refractivity contribution is -0.128. The number of carbonyl (C=O) groups excluding carboxylic acids is 2. The Bertz CT molecular complexity index is 983. The van der Waals surface area contributed by atoms with Gasteiger partial charge in [0, 0.05) is 37.9 Å². The molecule has 0 aliphatic carbocycles. The second-order valence-corrected chi connectivity index (χ2v) is 8.37. The third-order valence-corrected chi connectivity index (χ3v) is 6.09. The number of hydrogen-bond donors (Lipinski definition) is 1. The summed E-state index contributed by atoms with van der Waals surface area (Å²) < 4.78 is 15.9. The van der Waals surface area contributed by atoms with Crippen molar-refractivity contribution in [3.05, 3.63) is 48.5 Å². The largest absolute Gasteiger partial charge is 0.493 e. The van der Waals surface area contributed by atoms with Crippen molar-refractivity contribution in [1.29, 1.82) is 0 Å². The quantitative estimate of drug-likeness (QED) is 0.497. The summed E-state index contributed by atoms with van der Waals surface area (Å²) in [5.41, 5.74) is 1.33. The Labute approximate surface area is 198 Å². The maximum absolute atomic E-state index is 13.1. The van der Waals surface area contributed by atoms with Gasteiger partial charge in [0.1, 0.15) is 5.25 Å². The molecule has 1 heterocycles. The van der Waals surface area contributed by atoms with E-state index in [2.05, 4.69) is 10.3 Å². The van der Waals surface area contributed by atoms with Crippen LogP contribution < -0.4 is 14.8 Å². The lowest BCUT2D eigenvalue weighted by Gasteiger charge is -2.16. The molecular weight excluding hydrogens is 442 g/mol. The number of amidine groups is 1. The van der Waals surface area contributed by atoms with Crippen molar-refractivity contribution < 1.29 is 23.8 Å². The number of rotatable bonds is 11. The number of nitrogens with one attached hydrogen (secondary N) is 1. The summed E-state index contributed by atoms with van der Waals surface area (Å²) in [5.74, 6) is 0.706. The van der Waals surface area contributed by atoms with Gasteiger partial charge < -0.3 is 19.5 Å². The number of nitrogens with zero attached hydrogens (tertiary/aromatic N) is 2. The van der Waals surface area contributed by atoms with Gasteiger partial charge in [-0.2, -0.15) is 0 Å². The number of hydrogen-bond acceptors (Lipinski definition) is 7. The van der Waals surface area contributed by atoms with E-state index in [1.54, 1.807) is 30.2 Å². The van der Waals surface area contributed by atoms with E-state index in [-0.39, 0.29) is 18.2 Å². The number of ether oxygens (including phenoxy) is 3. The Hall–Kier alpha value is -3.04. The maximum Gasteiger partial charge on any atom is 0.242 e. The predicted octanol–water partition coefficient (Wildman–Crippen LogP) is 4.09. The van der Waals surface area contributed by atoms with Crippen molar-refractivity contribution in [2.75, 3.05) is 39.3 Å². The molecule has 2 aromatic carbocycles. The van der Waals surface area contributed by atoms with Crippen LogP contribution in [0.5, 0.6) is 11.5 Å². The highest BCUT2D eigenvalue weighted by atomic mass is 32.2. The van der Waals surface area contributed by atoms with Crippen molar-refractivity contribution in [2.45, 2.75) is 25.0 Å². The average molecular weight is 472 g/mol. The standard InChI is InChI=1S/C24H29N3O5S/c1-4-32-14-8-13-27-23(29)21(33-24(27)26-17-9-6-5-7-10-17)16-22(28)25-18-11-12-19(30-2)20(15-18)31-3/h5-7,9-12,15,21H,4,8,13-14,16H2,1-3H3,(H,25,28). The minimum atomic E-state index is -0.542. The molecule has 0 spiro atoms. The van der Waals surface area contributed by atoms with Gasteiger partial charge in [-0.25, -0.2) is 4.99 Å². The molecule has 1 aliphatic heterocycles. The lowest BCUT2D eigenvalue weighted by atomic mass is 10.2. The molecule has 33 heavy (non-hydrogen) atoms.